The van der Waals surface area contributed by atoms with Gasteiger partial charge in [0.05, 0.1) is 19.1 Å². The lowest BCUT2D eigenvalue weighted by Gasteiger charge is -2.27. The van der Waals surface area contributed by atoms with E-state index in [1.165, 1.54) is 0 Å². The minimum absolute atomic E-state index is 0.160. The number of ether oxygens (including phenoxy) is 1. The highest BCUT2D eigenvalue weighted by molar-refractivity contribution is 5.78. The number of nitrogens with one attached hydrogen (secondary N) is 1. The summed E-state index contributed by atoms with van der Waals surface area (Å²) in [5, 5.41) is 12.3. The summed E-state index contributed by atoms with van der Waals surface area (Å²) in [5.41, 5.74) is -0.216. The van der Waals surface area contributed by atoms with Crippen molar-refractivity contribution in [3.8, 4) is 0 Å². The quantitative estimate of drug-likeness (QED) is 0.751. The van der Waals surface area contributed by atoms with E-state index in [9.17, 15) is 14.7 Å². The molecule has 2 N–H and O–H groups in total. The summed E-state index contributed by atoms with van der Waals surface area (Å²) < 4.78 is 5.32. The maximum atomic E-state index is 12.3. The SMILES string of the molecule is CC(C)(CC(=O)N[C@@H](CO)c1ccccc1)CC(=O)OC(C)(C)C. The van der Waals surface area contributed by atoms with Gasteiger partial charge in [0.2, 0.25) is 5.91 Å². The zero-order valence-corrected chi connectivity index (χ0v) is 15.3. The molecule has 0 heterocycles. The number of aliphatic hydroxyl groups excluding tert-OH is 1. The van der Waals surface area contributed by atoms with E-state index >= 15 is 0 Å². The van der Waals surface area contributed by atoms with Gasteiger partial charge in [0.15, 0.2) is 0 Å². The lowest BCUT2D eigenvalue weighted by Crippen LogP contribution is -2.35. The highest BCUT2D eigenvalue weighted by Gasteiger charge is 2.29. The number of carbonyl (C=O) groups is 2. The highest BCUT2D eigenvalue weighted by Crippen LogP contribution is 2.27. The Bertz CT molecular complexity index is 546. The molecule has 0 aliphatic carbocycles. The average molecular weight is 335 g/mol. The zero-order chi connectivity index (χ0) is 18.4. The molecule has 0 aromatic heterocycles. The third-order valence-corrected chi connectivity index (χ3v) is 3.40. The van der Waals surface area contributed by atoms with Gasteiger partial charge in [-0.2, -0.15) is 0 Å². The van der Waals surface area contributed by atoms with Gasteiger partial charge < -0.3 is 15.2 Å². The van der Waals surface area contributed by atoms with Gasteiger partial charge in [0.25, 0.3) is 0 Å². The normalized spacial score (nSPS) is 13.2. The standard InChI is InChI=1S/C19H29NO4/c1-18(2,3)24-17(23)12-19(4,5)11-16(22)20-15(13-21)14-9-7-6-8-10-14/h6-10,15,21H,11-13H2,1-5H3,(H,20,22)/t15-/m0/s1. The molecule has 1 aromatic rings. The molecular formula is C19H29NO4. The fourth-order valence-electron chi connectivity index (χ4n) is 2.43. The number of rotatable bonds is 7. The molecule has 0 bridgehead atoms. The molecule has 0 fully saturated rings. The summed E-state index contributed by atoms with van der Waals surface area (Å²) in [6, 6.07) is 8.85. The van der Waals surface area contributed by atoms with Crippen LogP contribution in [0.15, 0.2) is 30.3 Å². The van der Waals surface area contributed by atoms with Gasteiger partial charge >= 0.3 is 5.97 Å². The zero-order valence-electron chi connectivity index (χ0n) is 15.3. The Morgan fingerprint density at radius 3 is 2.17 bits per heavy atom. The van der Waals surface area contributed by atoms with E-state index in [0.29, 0.717) is 0 Å². The minimum atomic E-state index is -0.537. The van der Waals surface area contributed by atoms with Crippen LogP contribution in [-0.4, -0.2) is 29.2 Å². The van der Waals surface area contributed by atoms with E-state index in [1.54, 1.807) is 0 Å². The monoisotopic (exact) mass is 335 g/mol. The van der Waals surface area contributed by atoms with Crippen LogP contribution in [0.2, 0.25) is 0 Å². The van der Waals surface area contributed by atoms with Crippen molar-refractivity contribution in [3.05, 3.63) is 35.9 Å². The van der Waals surface area contributed by atoms with Crippen molar-refractivity contribution in [3.63, 3.8) is 0 Å². The molecule has 134 valence electrons. The van der Waals surface area contributed by atoms with E-state index in [2.05, 4.69) is 5.32 Å². The summed E-state index contributed by atoms with van der Waals surface area (Å²) in [6.45, 7) is 8.98. The van der Waals surface area contributed by atoms with Crippen LogP contribution in [0.25, 0.3) is 0 Å². The number of carbonyl (C=O) groups excluding carboxylic acids is 2. The third-order valence-electron chi connectivity index (χ3n) is 3.40. The molecule has 0 unspecified atom stereocenters. The molecule has 1 atom stereocenters. The van der Waals surface area contributed by atoms with Crippen molar-refractivity contribution in [2.24, 2.45) is 5.41 Å². The molecule has 0 spiro atoms. The molecule has 0 radical (unpaired) electrons. The topological polar surface area (TPSA) is 75.6 Å². The van der Waals surface area contributed by atoms with Gasteiger partial charge in [-0.25, -0.2) is 0 Å². The number of aliphatic hydroxyl groups is 1. The third kappa shape index (κ3) is 7.59. The van der Waals surface area contributed by atoms with Crippen molar-refractivity contribution in [2.45, 2.75) is 59.1 Å². The van der Waals surface area contributed by atoms with Crippen molar-refractivity contribution in [1.82, 2.24) is 5.32 Å². The number of hydrogen-bond acceptors (Lipinski definition) is 4. The van der Waals surface area contributed by atoms with Crippen LogP contribution in [0, 0.1) is 5.41 Å². The molecule has 0 saturated carbocycles. The second-order valence-corrected chi connectivity index (χ2v) is 7.82. The van der Waals surface area contributed by atoms with Crippen LogP contribution in [-0.2, 0) is 14.3 Å². The summed E-state index contributed by atoms with van der Waals surface area (Å²) >= 11 is 0. The lowest BCUT2D eigenvalue weighted by atomic mass is 9.85. The molecule has 0 aliphatic heterocycles. The van der Waals surface area contributed by atoms with Gasteiger partial charge in [0.1, 0.15) is 5.60 Å². The largest absolute Gasteiger partial charge is 0.460 e. The number of esters is 1. The number of hydrogen-bond donors (Lipinski definition) is 2. The summed E-state index contributed by atoms with van der Waals surface area (Å²) in [6.07, 6.45) is 0.336. The Kier molecular flexibility index (Phi) is 6.96. The van der Waals surface area contributed by atoms with Gasteiger partial charge in [-0.15, -0.1) is 0 Å². The number of benzene rings is 1. The molecule has 5 heteroatoms. The smallest absolute Gasteiger partial charge is 0.306 e. The molecule has 0 saturated heterocycles. The van der Waals surface area contributed by atoms with Crippen LogP contribution in [0.5, 0.6) is 0 Å². The Labute approximate surface area is 144 Å². The van der Waals surface area contributed by atoms with E-state index < -0.39 is 17.1 Å². The fourth-order valence-corrected chi connectivity index (χ4v) is 2.43. The van der Waals surface area contributed by atoms with Gasteiger partial charge in [-0.1, -0.05) is 44.2 Å². The average Bonchev–Trinajstić information content (AvgIpc) is 2.42. The van der Waals surface area contributed by atoms with Crippen molar-refractivity contribution < 1.29 is 19.4 Å². The molecule has 24 heavy (non-hydrogen) atoms. The first-order chi connectivity index (χ1) is 11.0. The van der Waals surface area contributed by atoms with E-state index in [4.69, 9.17) is 4.74 Å². The second kappa shape index (κ2) is 8.29. The Balaban J connectivity index is 2.60. The number of amides is 1. The van der Waals surface area contributed by atoms with Crippen LogP contribution < -0.4 is 5.32 Å². The maximum Gasteiger partial charge on any atom is 0.306 e. The predicted molar refractivity (Wildman–Crippen MR) is 93.3 cm³/mol. The highest BCUT2D eigenvalue weighted by atomic mass is 16.6. The van der Waals surface area contributed by atoms with Crippen molar-refractivity contribution >= 4 is 11.9 Å². The molecule has 1 rings (SSSR count). The molecule has 1 amide bonds. The van der Waals surface area contributed by atoms with Crippen LogP contribution in [0.1, 0.15) is 59.1 Å². The summed E-state index contributed by atoms with van der Waals surface area (Å²) in [7, 11) is 0. The molecule has 0 aliphatic rings. The Morgan fingerprint density at radius 1 is 1.08 bits per heavy atom. The summed E-state index contributed by atoms with van der Waals surface area (Å²) in [5.74, 6) is -0.520. The molecule has 5 nitrogen and oxygen atoms in total. The summed E-state index contributed by atoms with van der Waals surface area (Å²) in [4.78, 5) is 24.3. The second-order valence-electron chi connectivity index (χ2n) is 7.82. The van der Waals surface area contributed by atoms with Crippen LogP contribution in [0.4, 0.5) is 0 Å². The van der Waals surface area contributed by atoms with Gasteiger partial charge in [-0.3, -0.25) is 9.59 Å². The van der Waals surface area contributed by atoms with Crippen LogP contribution >= 0.6 is 0 Å². The lowest BCUT2D eigenvalue weighted by molar-refractivity contribution is -0.157. The maximum absolute atomic E-state index is 12.3. The van der Waals surface area contributed by atoms with Crippen molar-refractivity contribution in [2.75, 3.05) is 6.61 Å². The molecular weight excluding hydrogens is 306 g/mol. The van der Waals surface area contributed by atoms with Gasteiger partial charge in [-0.05, 0) is 31.7 Å². The van der Waals surface area contributed by atoms with Gasteiger partial charge in [0, 0.05) is 6.42 Å². The Morgan fingerprint density at radius 2 is 1.67 bits per heavy atom. The van der Waals surface area contributed by atoms with E-state index in [0.717, 1.165) is 5.56 Å². The first-order valence-electron chi connectivity index (χ1n) is 8.19. The Hall–Kier alpha value is -1.88. The minimum Gasteiger partial charge on any atom is -0.460 e. The van der Waals surface area contributed by atoms with Crippen LogP contribution in [0.3, 0.4) is 0 Å². The van der Waals surface area contributed by atoms with E-state index in [1.807, 2.05) is 65.0 Å². The van der Waals surface area contributed by atoms with Crippen molar-refractivity contribution in [1.29, 1.82) is 0 Å². The van der Waals surface area contributed by atoms with E-state index in [-0.39, 0.29) is 31.3 Å². The first-order valence-corrected chi connectivity index (χ1v) is 8.19. The predicted octanol–water partition coefficient (Wildman–Crippen LogP) is 2.98. The fraction of sp³-hybridized carbons (Fsp3) is 0.579. The first kappa shape index (κ1) is 20.2. The molecule has 1 aromatic carbocycles.